The highest BCUT2D eigenvalue weighted by Crippen LogP contribution is 2.17. The van der Waals surface area contributed by atoms with Gasteiger partial charge >= 0.3 is 0 Å². The van der Waals surface area contributed by atoms with Crippen LogP contribution in [0, 0.1) is 6.92 Å². The molecule has 11 heavy (non-hydrogen) atoms. The van der Waals surface area contributed by atoms with E-state index in [4.69, 9.17) is 0 Å². The summed E-state index contributed by atoms with van der Waals surface area (Å²) in [5, 5.41) is 1.99. The number of ketones is 1. The SMILES string of the molecule is Cc1csc(C(=O)C(C)Br)c1. The van der Waals surface area contributed by atoms with Crippen LogP contribution in [0.15, 0.2) is 11.4 Å². The van der Waals surface area contributed by atoms with Crippen LogP contribution in [0.4, 0.5) is 0 Å². The van der Waals surface area contributed by atoms with Gasteiger partial charge in [0.15, 0.2) is 5.78 Å². The highest BCUT2D eigenvalue weighted by Gasteiger charge is 2.12. The van der Waals surface area contributed by atoms with Gasteiger partial charge in [-0.3, -0.25) is 4.79 Å². The Bertz CT molecular complexity index is 265. The van der Waals surface area contributed by atoms with E-state index in [0.717, 1.165) is 10.4 Å². The molecule has 1 aromatic heterocycles. The Hall–Kier alpha value is -0.150. The number of aryl methyl sites for hydroxylation is 1. The Morgan fingerprint density at radius 2 is 2.36 bits per heavy atom. The van der Waals surface area contributed by atoms with Crippen molar-refractivity contribution < 1.29 is 4.79 Å². The molecule has 0 N–H and O–H groups in total. The summed E-state index contributed by atoms with van der Waals surface area (Å²) in [5.74, 6) is 0.170. The monoisotopic (exact) mass is 232 g/mol. The van der Waals surface area contributed by atoms with Crippen molar-refractivity contribution in [1.29, 1.82) is 0 Å². The molecule has 0 fully saturated rings. The molecule has 1 rings (SSSR count). The largest absolute Gasteiger partial charge is 0.292 e. The smallest absolute Gasteiger partial charge is 0.186 e. The third-order valence-corrected chi connectivity index (χ3v) is 2.81. The van der Waals surface area contributed by atoms with Gasteiger partial charge in [0.05, 0.1) is 9.70 Å². The van der Waals surface area contributed by atoms with E-state index >= 15 is 0 Å². The normalized spacial score (nSPS) is 13.0. The lowest BCUT2D eigenvalue weighted by molar-refractivity contribution is 0.0999. The lowest BCUT2D eigenvalue weighted by Crippen LogP contribution is -2.07. The van der Waals surface area contributed by atoms with Crippen LogP contribution in [0.2, 0.25) is 0 Å². The Morgan fingerprint density at radius 1 is 1.73 bits per heavy atom. The number of hydrogen-bond donors (Lipinski definition) is 0. The number of Topliss-reactive ketones (excluding diaryl/α,β-unsaturated/α-hetero) is 1. The van der Waals surface area contributed by atoms with Crippen LogP contribution in [0.25, 0.3) is 0 Å². The summed E-state index contributed by atoms with van der Waals surface area (Å²) in [5.41, 5.74) is 1.16. The second-order valence-corrected chi connectivity index (χ2v) is 4.75. The summed E-state index contributed by atoms with van der Waals surface area (Å²) in [6.07, 6.45) is 0. The highest BCUT2D eigenvalue weighted by molar-refractivity contribution is 9.10. The lowest BCUT2D eigenvalue weighted by atomic mass is 10.2. The quantitative estimate of drug-likeness (QED) is 0.566. The molecule has 0 radical (unpaired) electrons. The Labute approximate surface area is 78.6 Å². The minimum Gasteiger partial charge on any atom is -0.292 e. The molecular weight excluding hydrogens is 224 g/mol. The number of carbonyl (C=O) groups excluding carboxylic acids is 1. The van der Waals surface area contributed by atoms with Gasteiger partial charge in [0.1, 0.15) is 0 Å². The zero-order chi connectivity index (χ0) is 8.43. The molecule has 0 bridgehead atoms. The lowest BCUT2D eigenvalue weighted by Gasteiger charge is -1.96. The molecule has 0 aliphatic rings. The second-order valence-electron chi connectivity index (χ2n) is 2.47. The Kier molecular flexibility index (Phi) is 2.84. The molecule has 0 amide bonds. The fraction of sp³-hybridized carbons (Fsp3) is 0.375. The van der Waals surface area contributed by atoms with E-state index in [9.17, 15) is 4.79 Å². The maximum Gasteiger partial charge on any atom is 0.186 e. The molecule has 1 atom stereocenters. The van der Waals surface area contributed by atoms with Gasteiger partial charge in [-0.25, -0.2) is 0 Å². The fourth-order valence-electron chi connectivity index (χ4n) is 0.756. The van der Waals surface area contributed by atoms with Crippen molar-refractivity contribution in [3.8, 4) is 0 Å². The first kappa shape index (κ1) is 8.94. The van der Waals surface area contributed by atoms with E-state index in [2.05, 4.69) is 15.9 Å². The molecule has 1 nitrogen and oxygen atoms in total. The first-order chi connectivity index (χ1) is 5.11. The van der Waals surface area contributed by atoms with Crippen LogP contribution in [0.3, 0.4) is 0 Å². The van der Waals surface area contributed by atoms with Crippen LogP contribution in [-0.2, 0) is 0 Å². The van der Waals surface area contributed by atoms with Crippen LogP contribution < -0.4 is 0 Å². The third-order valence-electron chi connectivity index (χ3n) is 1.33. The highest BCUT2D eigenvalue weighted by atomic mass is 79.9. The van der Waals surface area contributed by atoms with E-state index in [1.54, 1.807) is 0 Å². The van der Waals surface area contributed by atoms with Crippen molar-refractivity contribution in [3.63, 3.8) is 0 Å². The number of carbonyl (C=O) groups is 1. The van der Waals surface area contributed by atoms with Crippen LogP contribution >= 0.6 is 27.3 Å². The van der Waals surface area contributed by atoms with Gasteiger partial charge in [-0.15, -0.1) is 11.3 Å². The summed E-state index contributed by atoms with van der Waals surface area (Å²) < 4.78 is 0. The van der Waals surface area contributed by atoms with Gasteiger partial charge in [-0.2, -0.15) is 0 Å². The number of hydrogen-bond acceptors (Lipinski definition) is 2. The Balaban J connectivity index is 2.85. The molecular formula is C8H9BrOS. The molecule has 1 unspecified atom stereocenters. The fourth-order valence-corrected chi connectivity index (χ4v) is 2.08. The number of rotatable bonds is 2. The summed E-state index contributed by atoms with van der Waals surface area (Å²) in [6, 6.07) is 1.92. The van der Waals surface area contributed by atoms with E-state index in [0.29, 0.717) is 0 Å². The van der Waals surface area contributed by atoms with E-state index < -0.39 is 0 Å². The van der Waals surface area contributed by atoms with Crippen molar-refractivity contribution in [2.24, 2.45) is 0 Å². The maximum atomic E-state index is 11.3. The molecule has 0 saturated heterocycles. The average Bonchev–Trinajstić information content (AvgIpc) is 2.34. The molecule has 0 saturated carbocycles. The molecule has 0 spiro atoms. The van der Waals surface area contributed by atoms with Gasteiger partial charge < -0.3 is 0 Å². The van der Waals surface area contributed by atoms with Crippen molar-refractivity contribution in [3.05, 3.63) is 21.9 Å². The van der Waals surface area contributed by atoms with E-state index in [1.807, 2.05) is 25.3 Å². The van der Waals surface area contributed by atoms with Crippen molar-refractivity contribution >= 4 is 33.0 Å². The van der Waals surface area contributed by atoms with Crippen LogP contribution in [-0.4, -0.2) is 10.6 Å². The molecule has 0 aliphatic heterocycles. The van der Waals surface area contributed by atoms with E-state index in [1.165, 1.54) is 11.3 Å². The van der Waals surface area contributed by atoms with Gasteiger partial charge in [0, 0.05) is 0 Å². The van der Waals surface area contributed by atoms with Crippen LogP contribution in [0.5, 0.6) is 0 Å². The molecule has 0 aliphatic carbocycles. The zero-order valence-electron chi connectivity index (χ0n) is 6.43. The summed E-state index contributed by atoms with van der Waals surface area (Å²) in [4.78, 5) is 12.1. The first-order valence-electron chi connectivity index (χ1n) is 3.34. The van der Waals surface area contributed by atoms with Gasteiger partial charge in [-0.05, 0) is 30.9 Å². The van der Waals surface area contributed by atoms with E-state index in [-0.39, 0.29) is 10.6 Å². The average molecular weight is 233 g/mol. The molecule has 1 heterocycles. The minimum absolute atomic E-state index is 0.0689. The Morgan fingerprint density at radius 3 is 2.73 bits per heavy atom. The molecule has 60 valence electrons. The van der Waals surface area contributed by atoms with Gasteiger partial charge in [0.25, 0.3) is 0 Å². The first-order valence-corrected chi connectivity index (χ1v) is 5.14. The van der Waals surface area contributed by atoms with Crippen molar-refractivity contribution in [2.45, 2.75) is 18.7 Å². The summed E-state index contributed by atoms with van der Waals surface area (Å²) in [7, 11) is 0. The third kappa shape index (κ3) is 2.14. The van der Waals surface area contributed by atoms with Gasteiger partial charge in [0.2, 0.25) is 0 Å². The second kappa shape index (κ2) is 3.50. The zero-order valence-corrected chi connectivity index (χ0v) is 8.83. The van der Waals surface area contributed by atoms with Crippen LogP contribution in [0.1, 0.15) is 22.2 Å². The van der Waals surface area contributed by atoms with Crippen molar-refractivity contribution in [1.82, 2.24) is 0 Å². The molecule has 1 aromatic rings. The number of alkyl halides is 1. The molecule has 3 heteroatoms. The number of thiophene rings is 1. The summed E-state index contributed by atoms with van der Waals surface area (Å²) in [6.45, 7) is 3.84. The standard InChI is InChI=1S/C8H9BrOS/c1-5-3-7(11-4-5)8(10)6(2)9/h3-4,6H,1-2H3. The predicted octanol–water partition coefficient (Wildman–Crippen LogP) is 3.02. The molecule has 0 aromatic carbocycles. The topological polar surface area (TPSA) is 17.1 Å². The van der Waals surface area contributed by atoms with Crippen molar-refractivity contribution in [2.75, 3.05) is 0 Å². The number of halogens is 1. The minimum atomic E-state index is -0.0689. The maximum absolute atomic E-state index is 11.3. The summed E-state index contributed by atoms with van der Waals surface area (Å²) >= 11 is 4.75. The predicted molar refractivity (Wildman–Crippen MR) is 51.8 cm³/mol. The van der Waals surface area contributed by atoms with Gasteiger partial charge in [-0.1, -0.05) is 15.9 Å².